The monoisotopic (exact) mass is 263 g/mol. The average Bonchev–Trinajstić information content (AvgIpc) is 2.46. The molecule has 2 nitrogen and oxygen atoms in total. The van der Waals surface area contributed by atoms with Crippen LogP contribution < -0.4 is 5.32 Å². The van der Waals surface area contributed by atoms with Crippen molar-refractivity contribution in [1.29, 1.82) is 0 Å². The number of ether oxygens (including phenoxy) is 1. The normalized spacial score (nSPS) is 12.5. The van der Waals surface area contributed by atoms with E-state index in [9.17, 15) is 0 Å². The van der Waals surface area contributed by atoms with Gasteiger partial charge in [-0.3, -0.25) is 0 Å². The van der Waals surface area contributed by atoms with E-state index in [2.05, 4.69) is 49.5 Å². The molecule has 0 aliphatic rings. The average molecular weight is 263 g/mol. The van der Waals surface area contributed by atoms with Crippen molar-refractivity contribution in [3.63, 3.8) is 0 Å². The van der Waals surface area contributed by atoms with E-state index >= 15 is 0 Å². The van der Waals surface area contributed by atoms with Crippen molar-refractivity contribution in [2.45, 2.75) is 52.0 Å². The van der Waals surface area contributed by atoms with Gasteiger partial charge in [-0.2, -0.15) is 0 Å². The Bertz CT molecular complexity index is 299. The second kappa shape index (κ2) is 11.0. The molecular formula is C17H29NO. The number of benzene rings is 1. The van der Waals surface area contributed by atoms with E-state index in [1.54, 1.807) is 0 Å². The highest BCUT2D eigenvalue weighted by atomic mass is 16.5. The van der Waals surface area contributed by atoms with Gasteiger partial charge >= 0.3 is 0 Å². The summed E-state index contributed by atoms with van der Waals surface area (Å²) in [4.78, 5) is 0. The summed E-state index contributed by atoms with van der Waals surface area (Å²) in [5, 5.41) is 3.67. The zero-order chi connectivity index (χ0) is 13.8. The minimum absolute atomic E-state index is 0.493. The Morgan fingerprint density at radius 3 is 2.47 bits per heavy atom. The van der Waals surface area contributed by atoms with Crippen LogP contribution in [-0.2, 0) is 4.74 Å². The Morgan fingerprint density at radius 1 is 1.00 bits per heavy atom. The molecule has 0 heterocycles. The van der Waals surface area contributed by atoms with Crippen LogP contribution in [0.4, 0.5) is 0 Å². The van der Waals surface area contributed by atoms with E-state index in [0.29, 0.717) is 6.04 Å². The lowest BCUT2D eigenvalue weighted by atomic mass is 10.0. The minimum Gasteiger partial charge on any atom is -0.381 e. The molecule has 0 radical (unpaired) electrons. The Morgan fingerprint density at radius 2 is 1.79 bits per heavy atom. The third-order valence-corrected chi connectivity index (χ3v) is 3.25. The molecule has 0 aliphatic heterocycles. The maximum absolute atomic E-state index is 5.51. The Hall–Kier alpha value is -0.860. The first kappa shape index (κ1) is 16.2. The highest BCUT2D eigenvalue weighted by Gasteiger charge is 2.09. The van der Waals surface area contributed by atoms with Crippen LogP contribution in [0.15, 0.2) is 30.3 Å². The van der Waals surface area contributed by atoms with Crippen LogP contribution in [0.2, 0.25) is 0 Å². The predicted octanol–water partition coefficient (Wildman–Crippen LogP) is 4.32. The number of hydrogen-bond acceptors (Lipinski definition) is 2. The van der Waals surface area contributed by atoms with Gasteiger partial charge in [-0.15, -0.1) is 0 Å². The summed E-state index contributed by atoms with van der Waals surface area (Å²) in [6.07, 6.45) is 5.95. The topological polar surface area (TPSA) is 21.3 Å². The van der Waals surface area contributed by atoms with Gasteiger partial charge < -0.3 is 10.1 Å². The van der Waals surface area contributed by atoms with Crippen molar-refractivity contribution in [3.8, 4) is 0 Å². The zero-order valence-corrected chi connectivity index (χ0v) is 12.5. The molecule has 0 saturated heterocycles. The lowest BCUT2D eigenvalue weighted by Gasteiger charge is -2.19. The maximum Gasteiger partial charge on any atom is 0.0478 e. The van der Waals surface area contributed by atoms with Gasteiger partial charge in [-0.25, -0.2) is 0 Å². The van der Waals surface area contributed by atoms with Gasteiger partial charge in [0.2, 0.25) is 0 Å². The molecule has 19 heavy (non-hydrogen) atoms. The fourth-order valence-corrected chi connectivity index (χ4v) is 2.18. The third-order valence-electron chi connectivity index (χ3n) is 3.25. The van der Waals surface area contributed by atoms with Gasteiger partial charge in [0.05, 0.1) is 0 Å². The molecule has 0 spiro atoms. The third kappa shape index (κ3) is 7.34. The van der Waals surface area contributed by atoms with Gasteiger partial charge in [0.15, 0.2) is 0 Å². The molecule has 2 heteroatoms. The van der Waals surface area contributed by atoms with E-state index in [1.807, 2.05) is 0 Å². The first-order chi connectivity index (χ1) is 9.38. The van der Waals surface area contributed by atoms with Crippen LogP contribution in [0, 0.1) is 0 Å². The highest BCUT2D eigenvalue weighted by molar-refractivity contribution is 5.18. The number of unbranched alkanes of at least 4 members (excludes halogenated alkanes) is 1. The quantitative estimate of drug-likeness (QED) is 0.600. The molecule has 0 amide bonds. The van der Waals surface area contributed by atoms with Crippen LogP contribution in [0.3, 0.4) is 0 Å². The van der Waals surface area contributed by atoms with Gasteiger partial charge in [0.1, 0.15) is 0 Å². The van der Waals surface area contributed by atoms with Crippen molar-refractivity contribution < 1.29 is 4.74 Å². The largest absolute Gasteiger partial charge is 0.381 e. The maximum atomic E-state index is 5.51. The summed E-state index contributed by atoms with van der Waals surface area (Å²) < 4.78 is 5.51. The summed E-state index contributed by atoms with van der Waals surface area (Å²) >= 11 is 0. The Labute approximate surface area is 118 Å². The number of nitrogens with one attached hydrogen (secondary N) is 1. The van der Waals surface area contributed by atoms with Crippen molar-refractivity contribution in [2.75, 3.05) is 19.8 Å². The second-order valence-corrected chi connectivity index (χ2v) is 5.03. The molecule has 1 atom stereocenters. The molecule has 0 aromatic heterocycles. The van der Waals surface area contributed by atoms with Crippen molar-refractivity contribution >= 4 is 0 Å². The van der Waals surface area contributed by atoms with Gasteiger partial charge in [0, 0.05) is 19.3 Å². The summed E-state index contributed by atoms with van der Waals surface area (Å²) in [6.45, 7) is 7.19. The summed E-state index contributed by atoms with van der Waals surface area (Å²) in [6, 6.07) is 11.3. The van der Waals surface area contributed by atoms with E-state index in [-0.39, 0.29) is 0 Å². The fourth-order valence-electron chi connectivity index (χ4n) is 2.18. The lowest BCUT2D eigenvalue weighted by molar-refractivity contribution is 0.131. The lowest BCUT2D eigenvalue weighted by Crippen LogP contribution is -2.23. The molecule has 0 aliphatic carbocycles. The second-order valence-electron chi connectivity index (χ2n) is 5.03. The van der Waals surface area contributed by atoms with Crippen LogP contribution in [-0.4, -0.2) is 19.8 Å². The van der Waals surface area contributed by atoms with E-state index in [1.165, 1.54) is 24.8 Å². The number of hydrogen-bond donors (Lipinski definition) is 1. The molecule has 1 aromatic carbocycles. The molecule has 0 fully saturated rings. The SMILES string of the molecule is CCCCC(NCCCOCCC)c1ccccc1. The van der Waals surface area contributed by atoms with Gasteiger partial charge in [0.25, 0.3) is 0 Å². The standard InChI is InChI=1S/C17H29NO/c1-3-5-12-17(16-10-7-6-8-11-16)18-13-9-15-19-14-4-2/h6-8,10-11,17-18H,3-5,9,12-15H2,1-2H3. The van der Waals surface area contributed by atoms with E-state index in [4.69, 9.17) is 4.74 Å². The summed E-state index contributed by atoms with van der Waals surface area (Å²) in [7, 11) is 0. The first-order valence-corrected chi connectivity index (χ1v) is 7.74. The molecule has 1 aromatic rings. The Balaban J connectivity index is 2.30. The van der Waals surface area contributed by atoms with Crippen LogP contribution in [0.5, 0.6) is 0 Å². The van der Waals surface area contributed by atoms with Gasteiger partial charge in [-0.1, -0.05) is 57.0 Å². The predicted molar refractivity (Wildman–Crippen MR) is 82.4 cm³/mol. The van der Waals surface area contributed by atoms with Crippen molar-refractivity contribution in [2.24, 2.45) is 0 Å². The molecule has 0 saturated carbocycles. The Kier molecular flexibility index (Phi) is 9.38. The van der Waals surface area contributed by atoms with Gasteiger partial charge in [-0.05, 0) is 31.4 Å². The fraction of sp³-hybridized carbons (Fsp3) is 0.647. The van der Waals surface area contributed by atoms with Crippen LogP contribution in [0.25, 0.3) is 0 Å². The van der Waals surface area contributed by atoms with Crippen molar-refractivity contribution in [1.82, 2.24) is 5.32 Å². The molecule has 108 valence electrons. The smallest absolute Gasteiger partial charge is 0.0478 e. The van der Waals surface area contributed by atoms with Crippen LogP contribution in [0.1, 0.15) is 57.6 Å². The summed E-state index contributed by atoms with van der Waals surface area (Å²) in [5.41, 5.74) is 1.41. The molecule has 1 rings (SSSR count). The van der Waals surface area contributed by atoms with E-state index in [0.717, 1.165) is 32.6 Å². The van der Waals surface area contributed by atoms with E-state index < -0.39 is 0 Å². The van der Waals surface area contributed by atoms with Crippen molar-refractivity contribution in [3.05, 3.63) is 35.9 Å². The summed E-state index contributed by atoms with van der Waals surface area (Å²) in [5.74, 6) is 0. The molecule has 1 unspecified atom stereocenters. The number of rotatable bonds is 11. The molecular weight excluding hydrogens is 234 g/mol. The highest BCUT2D eigenvalue weighted by Crippen LogP contribution is 2.18. The minimum atomic E-state index is 0.493. The van der Waals surface area contributed by atoms with Crippen LogP contribution >= 0.6 is 0 Å². The molecule has 0 bridgehead atoms. The molecule has 1 N–H and O–H groups in total. The zero-order valence-electron chi connectivity index (χ0n) is 12.5. The first-order valence-electron chi connectivity index (χ1n) is 7.74.